The Bertz CT molecular complexity index is 572. The molecule has 2 heterocycles. The van der Waals surface area contributed by atoms with Gasteiger partial charge in [-0.15, -0.1) is 0 Å². The van der Waals surface area contributed by atoms with Gasteiger partial charge in [-0.1, -0.05) is 25.1 Å². The number of carboxylic acid groups (broad SMARTS) is 1. The van der Waals surface area contributed by atoms with E-state index in [1.165, 1.54) is 0 Å². The van der Waals surface area contributed by atoms with E-state index in [1.54, 1.807) is 4.90 Å². The van der Waals surface area contributed by atoms with E-state index in [0.717, 1.165) is 17.8 Å². The second kappa shape index (κ2) is 5.48. The molecule has 21 heavy (non-hydrogen) atoms. The maximum atomic E-state index is 12.8. The average Bonchev–Trinajstić information content (AvgIpc) is 2.91. The number of carboxylic acids is 1. The number of nitrogens with one attached hydrogen (secondary N) is 1. The molecule has 0 radical (unpaired) electrons. The van der Waals surface area contributed by atoms with Crippen molar-refractivity contribution in [2.75, 3.05) is 24.5 Å². The first-order chi connectivity index (χ1) is 10.1. The molecule has 1 saturated heterocycles. The number of para-hydroxylation sites is 1. The largest absolute Gasteiger partial charge is 0.481 e. The van der Waals surface area contributed by atoms with Crippen molar-refractivity contribution in [1.82, 2.24) is 5.32 Å². The standard InChI is InChI=1S/C16H20N2O3/c1-10-7-17-8-13(10)15(19)18-9-12(16(20)21)6-11-4-2-3-5-14(11)18/h2-5,10,12-13,17H,6-9H2,1H3,(H,20,21). The van der Waals surface area contributed by atoms with Gasteiger partial charge in [0.25, 0.3) is 0 Å². The van der Waals surface area contributed by atoms with Crippen LogP contribution >= 0.6 is 0 Å². The Morgan fingerprint density at radius 2 is 2.05 bits per heavy atom. The highest BCUT2D eigenvalue weighted by Gasteiger charge is 2.38. The summed E-state index contributed by atoms with van der Waals surface area (Å²) in [5.41, 5.74) is 1.82. The number of hydrogen-bond donors (Lipinski definition) is 2. The summed E-state index contributed by atoms with van der Waals surface area (Å²) in [4.78, 5) is 25.9. The number of hydrogen-bond acceptors (Lipinski definition) is 3. The molecule has 2 aliphatic rings. The predicted molar refractivity (Wildman–Crippen MR) is 79.1 cm³/mol. The van der Waals surface area contributed by atoms with E-state index in [2.05, 4.69) is 12.2 Å². The normalized spacial score (nSPS) is 28.2. The minimum absolute atomic E-state index is 0.0471. The minimum Gasteiger partial charge on any atom is -0.481 e. The van der Waals surface area contributed by atoms with Crippen molar-refractivity contribution in [3.8, 4) is 0 Å². The molecule has 1 aromatic carbocycles. The van der Waals surface area contributed by atoms with E-state index >= 15 is 0 Å². The lowest BCUT2D eigenvalue weighted by atomic mass is 9.90. The zero-order valence-electron chi connectivity index (χ0n) is 12.1. The van der Waals surface area contributed by atoms with Crippen LogP contribution in [0.3, 0.4) is 0 Å². The van der Waals surface area contributed by atoms with E-state index in [9.17, 15) is 14.7 Å². The van der Waals surface area contributed by atoms with Crippen LogP contribution in [0.1, 0.15) is 12.5 Å². The molecule has 2 N–H and O–H groups in total. The van der Waals surface area contributed by atoms with Gasteiger partial charge >= 0.3 is 5.97 Å². The van der Waals surface area contributed by atoms with Crippen molar-refractivity contribution in [3.63, 3.8) is 0 Å². The molecule has 2 aliphatic heterocycles. The number of benzene rings is 1. The van der Waals surface area contributed by atoms with E-state index in [-0.39, 0.29) is 24.3 Å². The Hall–Kier alpha value is -1.88. The molecule has 5 nitrogen and oxygen atoms in total. The third-order valence-electron chi connectivity index (χ3n) is 4.60. The van der Waals surface area contributed by atoms with Crippen molar-refractivity contribution in [2.24, 2.45) is 17.8 Å². The Morgan fingerprint density at radius 1 is 1.29 bits per heavy atom. The molecule has 0 aliphatic carbocycles. The first kappa shape index (κ1) is 14.1. The fraction of sp³-hybridized carbons (Fsp3) is 0.500. The number of nitrogens with zero attached hydrogens (tertiary/aromatic N) is 1. The molecular weight excluding hydrogens is 268 g/mol. The minimum atomic E-state index is -0.833. The van der Waals surface area contributed by atoms with Gasteiger partial charge in [0.05, 0.1) is 11.8 Å². The van der Waals surface area contributed by atoms with Crippen molar-refractivity contribution in [2.45, 2.75) is 13.3 Å². The Balaban J connectivity index is 1.92. The molecule has 1 fully saturated rings. The molecule has 0 bridgehead atoms. The van der Waals surface area contributed by atoms with Crippen LogP contribution in [0.5, 0.6) is 0 Å². The van der Waals surface area contributed by atoms with Gasteiger partial charge in [0.1, 0.15) is 0 Å². The van der Waals surface area contributed by atoms with Crippen molar-refractivity contribution >= 4 is 17.6 Å². The predicted octanol–water partition coefficient (Wildman–Crippen LogP) is 1.13. The molecule has 3 rings (SSSR count). The van der Waals surface area contributed by atoms with Gasteiger partial charge in [-0.2, -0.15) is 0 Å². The highest BCUT2D eigenvalue weighted by molar-refractivity contribution is 5.97. The van der Waals surface area contributed by atoms with Crippen molar-refractivity contribution in [3.05, 3.63) is 29.8 Å². The number of anilines is 1. The molecular formula is C16H20N2O3. The van der Waals surface area contributed by atoms with Gasteiger partial charge in [0.15, 0.2) is 0 Å². The second-order valence-electron chi connectivity index (χ2n) is 6.06. The number of amides is 1. The third-order valence-corrected chi connectivity index (χ3v) is 4.60. The van der Waals surface area contributed by atoms with E-state index in [0.29, 0.717) is 13.0 Å². The smallest absolute Gasteiger partial charge is 0.308 e. The molecule has 0 aromatic heterocycles. The van der Waals surface area contributed by atoms with Crippen LogP contribution in [-0.2, 0) is 16.0 Å². The highest BCUT2D eigenvalue weighted by Crippen LogP contribution is 2.32. The zero-order valence-corrected chi connectivity index (χ0v) is 12.1. The lowest BCUT2D eigenvalue weighted by molar-refractivity contribution is -0.141. The topological polar surface area (TPSA) is 69.6 Å². The fourth-order valence-electron chi connectivity index (χ4n) is 3.31. The number of carbonyl (C=O) groups excluding carboxylic acids is 1. The maximum absolute atomic E-state index is 12.8. The molecule has 5 heteroatoms. The van der Waals surface area contributed by atoms with Crippen LogP contribution in [0, 0.1) is 17.8 Å². The quantitative estimate of drug-likeness (QED) is 0.856. The van der Waals surface area contributed by atoms with Gasteiger partial charge in [0, 0.05) is 18.8 Å². The monoisotopic (exact) mass is 288 g/mol. The highest BCUT2D eigenvalue weighted by atomic mass is 16.4. The van der Waals surface area contributed by atoms with Gasteiger partial charge in [-0.25, -0.2) is 0 Å². The average molecular weight is 288 g/mol. The first-order valence-electron chi connectivity index (χ1n) is 7.40. The van der Waals surface area contributed by atoms with Crippen LogP contribution < -0.4 is 10.2 Å². The summed E-state index contributed by atoms with van der Waals surface area (Å²) in [5.74, 6) is -1.08. The number of rotatable bonds is 2. The van der Waals surface area contributed by atoms with E-state index in [1.807, 2.05) is 24.3 Å². The van der Waals surface area contributed by atoms with Crippen molar-refractivity contribution in [1.29, 1.82) is 0 Å². The summed E-state index contributed by atoms with van der Waals surface area (Å²) in [6.45, 7) is 3.85. The Labute approximate surface area is 123 Å². The first-order valence-corrected chi connectivity index (χ1v) is 7.40. The van der Waals surface area contributed by atoms with Crippen LogP contribution in [0.15, 0.2) is 24.3 Å². The summed E-state index contributed by atoms with van der Waals surface area (Å²) >= 11 is 0. The summed E-state index contributed by atoms with van der Waals surface area (Å²) in [5, 5.41) is 12.6. The molecule has 1 aromatic rings. The molecule has 0 spiro atoms. The van der Waals surface area contributed by atoms with Crippen LogP contribution in [0.25, 0.3) is 0 Å². The summed E-state index contributed by atoms with van der Waals surface area (Å²) in [6.07, 6.45) is 0.494. The van der Waals surface area contributed by atoms with Gasteiger partial charge in [0.2, 0.25) is 5.91 Å². The SMILES string of the molecule is CC1CNCC1C(=O)N1CC(C(=O)O)Cc2ccccc21. The number of fused-ring (bicyclic) bond motifs is 1. The van der Waals surface area contributed by atoms with Gasteiger partial charge < -0.3 is 15.3 Å². The third kappa shape index (κ3) is 2.53. The summed E-state index contributed by atoms with van der Waals surface area (Å²) < 4.78 is 0. The zero-order chi connectivity index (χ0) is 15.0. The van der Waals surface area contributed by atoms with Crippen LogP contribution in [-0.4, -0.2) is 36.6 Å². The van der Waals surface area contributed by atoms with E-state index in [4.69, 9.17) is 0 Å². The molecule has 112 valence electrons. The lowest BCUT2D eigenvalue weighted by Crippen LogP contribution is -2.46. The van der Waals surface area contributed by atoms with E-state index < -0.39 is 11.9 Å². The maximum Gasteiger partial charge on any atom is 0.308 e. The fourth-order valence-corrected chi connectivity index (χ4v) is 3.31. The summed E-state index contributed by atoms with van der Waals surface area (Å²) in [6, 6.07) is 7.63. The number of carbonyl (C=O) groups is 2. The van der Waals surface area contributed by atoms with Gasteiger partial charge in [-0.3, -0.25) is 9.59 Å². The molecule has 3 atom stereocenters. The van der Waals surface area contributed by atoms with Gasteiger partial charge in [-0.05, 0) is 30.5 Å². The Morgan fingerprint density at radius 3 is 2.71 bits per heavy atom. The lowest BCUT2D eigenvalue weighted by Gasteiger charge is -2.35. The second-order valence-corrected chi connectivity index (χ2v) is 6.06. The molecule has 0 saturated carbocycles. The van der Waals surface area contributed by atoms with Crippen LogP contribution in [0.2, 0.25) is 0 Å². The summed E-state index contributed by atoms with van der Waals surface area (Å²) in [7, 11) is 0. The molecule has 3 unspecified atom stereocenters. The van der Waals surface area contributed by atoms with Crippen molar-refractivity contribution < 1.29 is 14.7 Å². The van der Waals surface area contributed by atoms with Crippen LogP contribution in [0.4, 0.5) is 5.69 Å². The Kier molecular flexibility index (Phi) is 3.68. The number of aliphatic carboxylic acids is 1. The molecule has 1 amide bonds.